The van der Waals surface area contributed by atoms with E-state index in [0.717, 1.165) is 12.1 Å². The minimum absolute atomic E-state index is 0.226. The predicted molar refractivity (Wildman–Crippen MR) is 39.1 cm³/mol. The van der Waals surface area contributed by atoms with Gasteiger partial charge in [0.2, 0.25) is 0 Å². The first-order chi connectivity index (χ1) is 4.68. The summed E-state index contributed by atoms with van der Waals surface area (Å²) in [6.07, 6.45) is 3.19. The van der Waals surface area contributed by atoms with E-state index in [0.29, 0.717) is 6.42 Å². The lowest BCUT2D eigenvalue weighted by Crippen LogP contribution is -2.28. The highest BCUT2D eigenvalue weighted by atomic mass is 16.1. The molecule has 0 bridgehead atoms. The Balaban J connectivity index is 2.43. The summed E-state index contributed by atoms with van der Waals surface area (Å²) >= 11 is 0. The van der Waals surface area contributed by atoms with E-state index in [1.54, 1.807) is 6.08 Å². The molecule has 1 aliphatic rings. The fraction of sp³-hybridized carbons (Fsp3) is 0.571. The lowest BCUT2D eigenvalue weighted by Gasteiger charge is -2.13. The van der Waals surface area contributed by atoms with E-state index in [1.807, 2.05) is 19.1 Å². The molecule has 0 aromatic carbocycles. The topological polar surface area (TPSA) is 32.3 Å². The molecule has 56 valence electrons. The summed E-state index contributed by atoms with van der Waals surface area (Å²) in [4.78, 5) is 10.7. The van der Waals surface area contributed by atoms with Crippen LogP contribution in [-0.4, -0.2) is 24.9 Å². The molecule has 0 amide bonds. The highest BCUT2D eigenvalue weighted by Crippen LogP contribution is 2.11. The Bertz CT molecular complexity index is 172. The number of carbonyl (C=O) groups is 1. The zero-order valence-electron chi connectivity index (χ0n) is 6.35. The van der Waals surface area contributed by atoms with Crippen LogP contribution in [0.4, 0.5) is 0 Å². The fourth-order valence-corrected chi connectivity index (χ4v) is 0.972. The molecule has 0 aliphatic heterocycles. The molecular formula is C7H12N2O. The molecular weight excluding hydrogens is 128 g/mol. The molecule has 0 fully saturated rings. The summed E-state index contributed by atoms with van der Waals surface area (Å²) in [5, 5.41) is 1.84. The van der Waals surface area contributed by atoms with Crippen molar-refractivity contribution in [3.8, 4) is 0 Å². The van der Waals surface area contributed by atoms with Gasteiger partial charge in [0, 0.05) is 32.3 Å². The molecule has 3 nitrogen and oxygen atoms in total. The fourth-order valence-electron chi connectivity index (χ4n) is 0.972. The number of hydrogen-bond donors (Lipinski definition) is 1. The summed E-state index contributed by atoms with van der Waals surface area (Å²) in [7, 11) is 3.81. The Morgan fingerprint density at radius 2 is 2.20 bits per heavy atom. The molecule has 0 atom stereocenters. The highest BCUT2D eigenvalue weighted by Gasteiger charge is 2.11. The third-order valence-electron chi connectivity index (χ3n) is 1.34. The quantitative estimate of drug-likeness (QED) is 0.560. The molecule has 1 N–H and O–H groups in total. The third kappa shape index (κ3) is 1.84. The van der Waals surface area contributed by atoms with Crippen LogP contribution in [0, 0.1) is 0 Å². The first-order valence-corrected chi connectivity index (χ1v) is 3.36. The van der Waals surface area contributed by atoms with E-state index in [-0.39, 0.29) is 5.78 Å². The van der Waals surface area contributed by atoms with Crippen LogP contribution in [0.1, 0.15) is 12.8 Å². The van der Waals surface area contributed by atoms with Crippen LogP contribution >= 0.6 is 0 Å². The number of carbonyl (C=O) groups excluding carboxylic acids is 1. The van der Waals surface area contributed by atoms with Gasteiger partial charge in [0.1, 0.15) is 0 Å². The Kier molecular flexibility index (Phi) is 2.06. The maximum absolute atomic E-state index is 10.7. The van der Waals surface area contributed by atoms with Gasteiger partial charge in [-0.1, -0.05) is 0 Å². The van der Waals surface area contributed by atoms with Crippen molar-refractivity contribution in [3.63, 3.8) is 0 Å². The van der Waals surface area contributed by atoms with E-state index < -0.39 is 0 Å². The first kappa shape index (κ1) is 7.28. The van der Waals surface area contributed by atoms with Crippen molar-refractivity contribution in [3.05, 3.63) is 11.8 Å². The molecule has 0 aromatic rings. The number of hydrogen-bond acceptors (Lipinski definition) is 3. The van der Waals surface area contributed by atoms with Gasteiger partial charge < -0.3 is 5.43 Å². The first-order valence-electron chi connectivity index (χ1n) is 3.36. The molecule has 0 heterocycles. The van der Waals surface area contributed by atoms with Gasteiger partial charge >= 0.3 is 0 Å². The van der Waals surface area contributed by atoms with Crippen LogP contribution in [0.5, 0.6) is 0 Å². The van der Waals surface area contributed by atoms with Crippen molar-refractivity contribution in [2.45, 2.75) is 12.8 Å². The second-order valence-electron chi connectivity index (χ2n) is 2.64. The van der Waals surface area contributed by atoms with Gasteiger partial charge in [-0.25, -0.2) is 5.01 Å². The van der Waals surface area contributed by atoms with Crippen LogP contribution in [0.15, 0.2) is 11.8 Å². The summed E-state index contributed by atoms with van der Waals surface area (Å²) in [5.74, 6) is 0.226. The highest BCUT2D eigenvalue weighted by molar-refractivity contribution is 5.92. The van der Waals surface area contributed by atoms with Crippen molar-refractivity contribution >= 4 is 5.78 Å². The van der Waals surface area contributed by atoms with Crippen molar-refractivity contribution < 1.29 is 4.79 Å². The third-order valence-corrected chi connectivity index (χ3v) is 1.34. The summed E-state index contributed by atoms with van der Waals surface area (Å²) in [5.41, 5.74) is 4.07. The Morgan fingerprint density at radius 3 is 2.60 bits per heavy atom. The summed E-state index contributed by atoms with van der Waals surface area (Å²) < 4.78 is 0. The molecule has 3 heteroatoms. The molecule has 0 radical (unpaired) electrons. The molecule has 1 rings (SSSR count). The largest absolute Gasteiger partial charge is 0.323 e. The molecule has 0 saturated heterocycles. The van der Waals surface area contributed by atoms with E-state index >= 15 is 0 Å². The van der Waals surface area contributed by atoms with Gasteiger partial charge in [0.05, 0.1) is 0 Å². The van der Waals surface area contributed by atoms with E-state index in [2.05, 4.69) is 5.43 Å². The molecule has 10 heavy (non-hydrogen) atoms. The number of ketones is 1. The minimum atomic E-state index is 0.226. The Hall–Kier alpha value is -0.830. The SMILES string of the molecule is CN(C)NC1=CC(=O)CC1. The van der Waals surface area contributed by atoms with Crippen LogP contribution in [-0.2, 0) is 4.79 Å². The van der Waals surface area contributed by atoms with E-state index in [1.165, 1.54) is 0 Å². The van der Waals surface area contributed by atoms with E-state index in [4.69, 9.17) is 0 Å². The van der Waals surface area contributed by atoms with Gasteiger partial charge in [0.15, 0.2) is 5.78 Å². The van der Waals surface area contributed by atoms with Crippen LogP contribution < -0.4 is 5.43 Å². The van der Waals surface area contributed by atoms with Gasteiger partial charge in [0.25, 0.3) is 0 Å². The normalized spacial score (nSPS) is 17.9. The lowest BCUT2D eigenvalue weighted by molar-refractivity contribution is -0.114. The molecule has 0 unspecified atom stereocenters. The zero-order chi connectivity index (χ0) is 7.56. The maximum Gasteiger partial charge on any atom is 0.157 e. The average Bonchev–Trinajstić information content (AvgIpc) is 2.13. The minimum Gasteiger partial charge on any atom is -0.323 e. The van der Waals surface area contributed by atoms with Crippen LogP contribution in [0.2, 0.25) is 0 Å². The van der Waals surface area contributed by atoms with Crippen molar-refractivity contribution in [2.24, 2.45) is 0 Å². The number of hydrazine groups is 1. The second-order valence-corrected chi connectivity index (χ2v) is 2.64. The van der Waals surface area contributed by atoms with Gasteiger partial charge in [-0.3, -0.25) is 4.79 Å². The standard InChI is InChI=1S/C7H12N2O/c1-9(2)8-6-3-4-7(10)5-6/h5,8H,3-4H2,1-2H3. The number of nitrogens with one attached hydrogen (secondary N) is 1. The maximum atomic E-state index is 10.7. The van der Waals surface area contributed by atoms with Crippen molar-refractivity contribution in [1.29, 1.82) is 0 Å². The molecule has 0 aromatic heterocycles. The molecule has 1 aliphatic carbocycles. The van der Waals surface area contributed by atoms with Crippen molar-refractivity contribution in [2.75, 3.05) is 14.1 Å². The zero-order valence-corrected chi connectivity index (χ0v) is 6.35. The number of nitrogens with zero attached hydrogens (tertiary/aromatic N) is 1. The smallest absolute Gasteiger partial charge is 0.157 e. The summed E-state index contributed by atoms with van der Waals surface area (Å²) in [6, 6.07) is 0. The number of allylic oxidation sites excluding steroid dienone is 2. The molecule has 0 saturated carbocycles. The number of rotatable bonds is 2. The van der Waals surface area contributed by atoms with Crippen LogP contribution in [0.3, 0.4) is 0 Å². The van der Waals surface area contributed by atoms with Gasteiger partial charge in [-0.2, -0.15) is 0 Å². The average molecular weight is 140 g/mol. The predicted octanol–water partition coefficient (Wildman–Crippen LogP) is 0.299. The van der Waals surface area contributed by atoms with Crippen LogP contribution in [0.25, 0.3) is 0 Å². The van der Waals surface area contributed by atoms with Gasteiger partial charge in [-0.15, -0.1) is 0 Å². The second kappa shape index (κ2) is 2.84. The Labute approximate surface area is 60.7 Å². The monoisotopic (exact) mass is 140 g/mol. The lowest BCUT2D eigenvalue weighted by atomic mass is 10.3. The molecule has 0 spiro atoms. The summed E-state index contributed by atoms with van der Waals surface area (Å²) in [6.45, 7) is 0. The van der Waals surface area contributed by atoms with Gasteiger partial charge in [-0.05, 0) is 6.42 Å². The Morgan fingerprint density at radius 1 is 1.50 bits per heavy atom. The van der Waals surface area contributed by atoms with E-state index in [9.17, 15) is 4.79 Å². The van der Waals surface area contributed by atoms with Crippen molar-refractivity contribution in [1.82, 2.24) is 10.4 Å².